The molecule has 1 aromatic heterocycles. The summed E-state index contributed by atoms with van der Waals surface area (Å²) in [5, 5.41) is 3.86. The number of hydrogen-bond donors (Lipinski definition) is 1. The molecular weight excluding hydrogens is 338 g/mol. The minimum Gasteiger partial charge on any atom is -0.494 e. The van der Waals surface area contributed by atoms with Crippen LogP contribution in [0.4, 0.5) is 11.5 Å². The number of ether oxygens (including phenoxy) is 1. The molecule has 0 spiro atoms. The highest BCUT2D eigenvalue weighted by Gasteiger charge is 2.11. The fourth-order valence-electron chi connectivity index (χ4n) is 2.36. The van der Waals surface area contributed by atoms with Gasteiger partial charge in [-0.15, -0.1) is 0 Å². The Hall–Kier alpha value is -2.67. The summed E-state index contributed by atoms with van der Waals surface area (Å²) >= 11 is 0. The lowest BCUT2D eigenvalue weighted by Crippen LogP contribution is -2.00. The second-order valence-corrected chi connectivity index (χ2v) is 7.69. The maximum Gasteiger partial charge on any atom is 0.175 e. The van der Waals surface area contributed by atoms with Crippen LogP contribution in [0.1, 0.15) is 13.3 Å². The standard InChI is InChI=1S/C18H19N3O3S/c1-3-10-24-14-6-4-13(5-7-14)21-18-16-11-15(25(2,22)23)8-9-17(16)19-12-20-18/h4-9,11-12H,3,10H2,1-2H3,(H,19,20,21). The Labute approximate surface area is 146 Å². The number of aromatic nitrogens is 2. The van der Waals surface area contributed by atoms with E-state index in [1.54, 1.807) is 18.2 Å². The van der Waals surface area contributed by atoms with Crippen LogP contribution in [0.5, 0.6) is 5.75 Å². The number of nitrogens with one attached hydrogen (secondary N) is 1. The normalized spacial score (nSPS) is 11.4. The number of nitrogens with zero attached hydrogens (tertiary/aromatic N) is 2. The molecule has 0 aliphatic rings. The average molecular weight is 357 g/mol. The van der Waals surface area contributed by atoms with Gasteiger partial charge in [0, 0.05) is 17.3 Å². The molecule has 7 heteroatoms. The second-order valence-electron chi connectivity index (χ2n) is 5.67. The van der Waals surface area contributed by atoms with Crippen LogP contribution in [0.2, 0.25) is 0 Å². The first-order chi connectivity index (χ1) is 12.0. The summed E-state index contributed by atoms with van der Waals surface area (Å²) in [7, 11) is -3.30. The van der Waals surface area contributed by atoms with Crippen molar-refractivity contribution >= 4 is 32.2 Å². The van der Waals surface area contributed by atoms with Crippen LogP contribution in [0.25, 0.3) is 10.9 Å². The van der Waals surface area contributed by atoms with Crippen molar-refractivity contribution in [3.05, 3.63) is 48.8 Å². The number of fused-ring (bicyclic) bond motifs is 1. The van der Waals surface area contributed by atoms with E-state index in [-0.39, 0.29) is 4.90 Å². The average Bonchev–Trinajstić information content (AvgIpc) is 2.60. The highest BCUT2D eigenvalue weighted by molar-refractivity contribution is 7.90. The zero-order valence-corrected chi connectivity index (χ0v) is 14.9. The fourth-order valence-corrected chi connectivity index (χ4v) is 3.00. The van der Waals surface area contributed by atoms with Gasteiger partial charge in [0.2, 0.25) is 0 Å². The monoisotopic (exact) mass is 357 g/mol. The summed E-state index contributed by atoms with van der Waals surface area (Å²) < 4.78 is 29.2. The Morgan fingerprint density at radius 1 is 1.08 bits per heavy atom. The predicted molar refractivity (Wildman–Crippen MR) is 98.2 cm³/mol. The summed E-state index contributed by atoms with van der Waals surface area (Å²) in [6.45, 7) is 2.73. The van der Waals surface area contributed by atoms with Gasteiger partial charge in [-0.1, -0.05) is 6.92 Å². The summed E-state index contributed by atoms with van der Waals surface area (Å²) in [5.74, 6) is 1.36. The molecule has 0 amide bonds. The minimum atomic E-state index is -3.30. The molecule has 2 aromatic carbocycles. The van der Waals surface area contributed by atoms with E-state index in [0.29, 0.717) is 23.3 Å². The number of hydrogen-bond acceptors (Lipinski definition) is 6. The predicted octanol–water partition coefficient (Wildman–Crippen LogP) is 3.57. The van der Waals surface area contributed by atoms with Crippen molar-refractivity contribution in [1.82, 2.24) is 9.97 Å². The van der Waals surface area contributed by atoms with Gasteiger partial charge < -0.3 is 10.1 Å². The third-order valence-corrected chi connectivity index (χ3v) is 4.74. The molecule has 0 saturated carbocycles. The molecule has 0 saturated heterocycles. The molecule has 25 heavy (non-hydrogen) atoms. The van der Waals surface area contributed by atoms with E-state index in [2.05, 4.69) is 22.2 Å². The lowest BCUT2D eigenvalue weighted by atomic mass is 10.2. The smallest absolute Gasteiger partial charge is 0.175 e. The van der Waals surface area contributed by atoms with Crippen molar-refractivity contribution in [3.63, 3.8) is 0 Å². The van der Waals surface area contributed by atoms with Crippen molar-refractivity contribution in [2.45, 2.75) is 18.2 Å². The van der Waals surface area contributed by atoms with Gasteiger partial charge in [0.05, 0.1) is 17.0 Å². The number of sulfone groups is 1. The maximum absolute atomic E-state index is 11.8. The van der Waals surface area contributed by atoms with E-state index in [9.17, 15) is 8.42 Å². The van der Waals surface area contributed by atoms with Crippen LogP contribution >= 0.6 is 0 Å². The topological polar surface area (TPSA) is 81.2 Å². The Kier molecular flexibility index (Phi) is 4.85. The van der Waals surface area contributed by atoms with Crippen LogP contribution in [0.15, 0.2) is 53.7 Å². The first kappa shape index (κ1) is 17.2. The Balaban J connectivity index is 1.93. The number of benzene rings is 2. The van der Waals surface area contributed by atoms with E-state index in [1.807, 2.05) is 24.3 Å². The highest BCUT2D eigenvalue weighted by Crippen LogP contribution is 2.26. The minimum absolute atomic E-state index is 0.237. The van der Waals surface area contributed by atoms with Gasteiger partial charge in [0.15, 0.2) is 9.84 Å². The van der Waals surface area contributed by atoms with Crippen molar-refractivity contribution in [2.75, 3.05) is 18.2 Å². The largest absolute Gasteiger partial charge is 0.494 e. The molecule has 1 heterocycles. The lowest BCUT2D eigenvalue weighted by Gasteiger charge is -2.10. The van der Waals surface area contributed by atoms with Gasteiger partial charge in [-0.2, -0.15) is 0 Å². The quantitative estimate of drug-likeness (QED) is 0.726. The summed E-state index contributed by atoms with van der Waals surface area (Å²) in [4.78, 5) is 8.67. The van der Waals surface area contributed by atoms with Gasteiger partial charge in [0.1, 0.15) is 17.9 Å². The van der Waals surface area contributed by atoms with E-state index < -0.39 is 9.84 Å². The summed E-state index contributed by atoms with van der Waals surface area (Å²) in [6, 6.07) is 12.4. The van der Waals surface area contributed by atoms with E-state index in [1.165, 1.54) is 12.6 Å². The fraction of sp³-hybridized carbons (Fsp3) is 0.222. The second kappa shape index (κ2) is 7.06. The van der Waals surface area contributed by atoms with Crippen molar-refractivity contribution in [2.24, 2.45) is 0 Å². The molecule has 3 aromatic rings. The van der Waals surface area contributed by atoms with E-state index >= 15 is 0 Å². The van der Waals surface area contributed by atoms with Gasteiger partial charge in [-0.3, -0.25) is 0 Å². The van der Waals surface area contributed by atoms with Crippen molar-refractivity contribution < 1.29 is 13.2 Å². The Morgan fingerprint density at radius 2 is 1.84 bits per heavy atom. The van der Waals surface area contributed by atoms with Crippen LogP contribution in [0.3, 0.4) is 0 Å². The van der Waals surface area contributed by atoms with Gasteiger partial charge in [0.25, 0.3) is 0 Å². The molecule has 1 N–H and O–H groups in total. The van der Waals surface area contributed by atoms with Crippen LogP contribution < -0.4 is 10.1 Å². The third kappa shape index (κ3) is 4.06. The van der Waals surface area contributed by atoms with E-state index in [4.69, 9.17) is 4.74 Å². The zero-order chi connectivity index (χ0) is 17.9. The molecule has 6 nitrogen and oxygen atoms in total. The molecule has 0 aliphatic carbocycles. The van der Waals surface area contributed by atoms with Crippen molar-refractivity contribution in [1.29, 1.82) is 0 Å². The molecule has 0 fully saturated rings. The lowest BCUT2D eigenvalue weighted by molar-refractivity contribution is 0.317. The Morgan fingerprint density at radius 3 is 2.52 bits per heavy atom. The van der Waals surface area contributed by atoms with Crippen LogP contribution in [-0.2, 0) is 9.84 Å². The molecule has 0 aliphatic heterocycles. The first-order valence-corrected chi connectivity index (χ1v) is 9.81. The zero-order valence-electron chi connectivity index (χ0n) is 14.1. The van der Waals surface area contributed by atoms with Crippen molar-refractivity contribution in [3.8, 4) is 5.75 Å². The number of rotatable bonds is 6. The molecule has 0 unspecified atom stereocenters. The van der Waals surface area contributed by atoms with Gasteiger partial charge >= 0.3 is 0 Å². The van der Waals surface area contributed by atoms with Crippen LogP contribution in [0, 0.1) is 0 Å². The molecule has 3 rings (SSSR count). The third-order valence-electron chi connectivity index (χ3n) is 3.62. The highest BCUT2D eigenvalue weighted by atomic mass is 32.2. The maximum atomic E-state index is 11.8. The van der Waals surface area contributed by atoms with Crippen LogP contribution in [-0.4, -0.2) is 31.2 Å². The van der Waals surface area contributed by atoms with E-state index in [0.717, 1.165) is 17.9 Å². The summed E-state index contributed by atoms with van der Waals surface area (Å²) in [5.41, 5.74) is 1.50. The first-order valence-electron chi connectivity index (χ1n) is 7.92. The SMILES string of the molecule is CCCOc1ccc(Nc2ncnc3ccc(S(C)(=O)=O)cc23)cc1. The molecule has 0 atom stereocenters. The Bertz CT molecular complexity index is 986. The molecular formula is C18H19N3O3S. The van der Waals surface area contributed by atoms with Gasteiger partial charge in [-0.05, 0) is 48.9 Å². The molecule has 0 bridgehead atoms. The molecule has 130 valence electrons. The molecule has 0 radical (unpaired) electrons. The number of anilines is 2. The van der Waals surface area contributed by atoms with Gasteiger partial charge in [-0.25, -0.2) is 18.4 Å². The summed E-state index contributed by atoms with van der Waals surface area (Å²) in [6.07, 6.45) is 3.58.